The third kappa shape index (κ3) is 3.22. The van der Waals surface area contributed by atoms with E-state index in [2.05, 4.69) is 15.0 Å². The molecule has 0 aromatic carbocycles. The van der Waals surface area contributed by atoms with Crippen LogP contribution in [0.1, 0.15) is 19.3 Å². The summed E-state index contributed by atoms with van der Waals surface area (Å²) in [6, 6.07) is -2.66. The first kappa shape index (κ1) is 16.7. The van der Waals surface area contributed by atoms with Crippen LogP contribution >= 0.6 is 0 Å². The molecule has 13 heteroatoms. The van der Waals surface area contributed by atoms with E-state index in [-0.39, 0.29) is 13.0 Å². The lowest BCUT2D eigenvalue weighted by atomic mass is 10.0. The van der Waals surface area contributed by atoms with Crippen LogP contribution in [0.2, 0.25) is 0 Å². The lowest BCUT2D eigenvalue weighted by Crippen LogP contribution is -2.59. The highest BCUT2D eigenvalue weighted by Crippen LogP contribution is 2.30. The number of nitrogens with zero attached hydrogens (tertiary/aromatic N) is 3. The second kappa shape index (κ2) is 6.07. The van der Waals surface area contributed by atoms with Crippen molar-refractivity contribution in [1.29, 1.82) is 0 Å². The van der Waals surface area contributed by atoms with Gasteiger partial charge in [0.25, 0.3) is 5.91 Å². The minimum atomic E-state index is -4.83. The van der Waals surface area contributed by atoms with Crippen molar-refractivity contribution in [3.63, 3.8) is 0 Å². The van der Waals surface area contributed by atoms with E-state index in [1.54, 1.807) is 0 Å². The highest BCUT2D eigenvalue weighted by atomic mass is 32.3. The number of carbonyl (C=O) groups excluding carboxylic acids is 3. The molecule has 24 heavy (non-hydrogen) atoms. The Kier molecular flexibility index (Phi) is 4.23. The minimum Gasteiger partial charge on any atom is -0.336 e. The maximum Gasteiger partial charge on any atom is 0.418 e. The molecule has 2 bridgehead atoms. The van der Waals surface area contributed by atoms with E-state index in [0.29, 0.717) is 31.0 Å². The summed E-state index contributed by atoms with van der Waals surface area (Å²) in [5, 5.41) is 4.29. The van der Waals surface area contributed by atoms with E-state index in [1.807, 2.05) is 0 Å². The fraction of sp³-hybridized carbons (Fsp3) is 0.727. The summed E-state index contributed by atoms with van der Waals surface area (Å²) in [7, 11) is -4.83. The van der Waals surface area contributed by atoms with Gasteiger partial charge in [0.05, 0.1) is 6.04 Å². The van der Waals surface area contributed by atoms with Gasteiger partial charge in [-0.15, -0.1) is 4.28 Å². The van der Waals surface area contributed by atoms with E-state index >= 15 is 0 Å². The second-order valence-electron chi connectivity index (χ2n) is 5.72. The number of hydrogen-bond acceptors (Lipinski definition) is 6. The van der Waals surface area contributed by atoms with Gasteiger partial charge >= 0.3 is 22.5 Å². The molecular formula is C11H17N5O7S. The quantitative estimate of drug-likeness (QED) is 0.511. The van der Waals surface area contributed by atoms with Crippen molar-refractivity contribution in [2.75, 3.05) is 19.6 Å². The Morgan fingerprint density at radius 1 is 1.33 bits per heavy atom. The van der Waals surface area contributed by atoms with Crippen LogP contribution in [0, 0.1) is 0 Å². The predicted octanol–water partition coefficient (Wildman–Crippen LogP) is -1.56. The zero-order valence-electron chi connectivity index (χ0n) is 12.5. The van der Waals surface area contributed by atoms with Crippen molar-refractivity contribution in [3.05, 3.63) is 0 Å². The molecule has 0 aliphatic carbocycles. The summed E-state index contributed by atoms with van der Waals surface area (Å²) in [6.07, 6.45) is 1.28. The van der Waals surface area contributed by atoms with Crippen molar-refractivity contribution >= 4 is 28.4 Å². The summed E-state index contributed by atoms with van der Waals surface area (Å²) >= 11 is 0. The summed E-state index contributed by atoms with van der Waals surface area (Å²) in [4.78, 5) is 37.4. The van der Waals surface area contributed by atoms with Crippen LogP contribution in [0.3, 0.4) is 0 Å². The monoisotopic (exact) mass is 363 g/mol. The fourth-order valence-corrected chi connectivity index (χ4v) is 3.44. The molecule has 3 N–H and O–H groups in total. The number of amides is 5. The molecule has 0 unspecified atom stereocenters. The zero-order valence-corrected chi connectivity index (χ0v) is 13.4. The van der Waals surface area contributed by atoms with E-state index in [4.69, 9.17) is 4.55 Å². The van der Waals surface area contributed by atoms with Crippen molar-refractivity contribution in [1.82, 2.24) is 25.7 Å². The van der Waals surface area contributed by atoms with Crippen LogP contribution in [-0.4, -0.2) is 77.6 Å². The van der Waals surface area contributed by atoms with Gasteiger partial charge in [-0.3, -0.25) is 14.8 Å². The average molecular weight is 363 g/mol. The molecule has 3 fully saturated rings. The molecule has 3 rings (SSSR count). The minimum absolute atomic E-state index is 0.0959. The first-order valence-electron chi connectivity index (χ1n) is 7.39. The third-order valence-corrected chi connectivity index (χ3v) is 4.47. The van der Waals surface area contributed by atoms with Crippen molar-refractivity contribution in [2.24, 2.45) is 0 Å². The number of nitrogens with one attached hydrogen (secondary N) is 2. The molecule has 0 aromatic heterocycles. The predicted molar refractivity (Wildman–Crippen MR) is 76.2 cm³/mol. The molecule has 3 heterocycles. The fourth-order valence-electron chi connectivity index (χ4n) is 3.05. The van der Waals surface area contributed by atoms with Gasteiger partial charge in [0.15, 0.2) is 0 Å². The maximum absolute atomic E-state index is 12.4. The van der Waals surface area contributed by atoms with Crippen molar-refractivity contribution in [3.8, 4) is 0 Å². The highest BCUT2D eigenvalue weighted by Gasteiger charge is 2.49. The Bertz CT molecular complexity index is 668. The number of hydrazine groups is 1. The number of fused-ring (bicyclic) bond motifs is 2. The molecule has 2 atom stereocenters. The van der Waals surface area contributed by atoms with Crippen LogP contribution < -0.4 is 10.7 Å². The topological polar surface area (TPSA) is 149 Å². The number of hydroxylamine groups is 2. The van der Waals surface area contributed by atoms with Crippen LogP contribution in [0.5, 0.6) is 0 Å². The molecule has 0 aromatic rings. The van der Waals surface area contributed by atoms with Crippen molar-refractivity contribution < 1.29 is 31.6 Å². The molecule has 3 aliphatic rings. The first-order valence-corrected chi connectivity index (χ1v) is 8.75. The maximum atomic E-state index is 12.4. The molecule has 0 radical (unpaired) electrons. The normalized spacial score (nSPS) is 27.3. The summed E-state index contributed by atoms with van der Waals surface area (Å²) in [5.74, 6) is -0.535. The Labute approximate surface area is 137 Å². The summed E-state index contributed by atoms with van der Waals surface area (Å²) < 4.78 is 34.7. The highest BCUT2D eigenvalue weighted by molar-refractivity contribution is 7.80. The number of hydrogen-bond donors (Lipinski definition) is 3. The zero-order chi connectivity index (χ0) is 17.5. The average Bonchev–Trinajstić information content (AvgIpc) is 2.73. The van der Waals surface area contributed by atoms with Gasteiger partial charge in [-0.1, -0.05) is 0 Å². The molecule has 0 spiro atoms. The smallest absolute Gasteiger partial charge is 0.336 e. The molecule has 5 amide bonds. The van der Waals surface area contributed by atoms with E-state index in [0.717, 1.165) is 9.91 Å². The lowest BCUT2D eigenvalue weighted by Gasteiger charge is -2.33. The standard InChI is InChI=1S/C11H17N5O7S/c17-9(13-15-5-1-4-12-10(15)18)8-3-2-7-6-14(8)11(19)16(7)23-24(20,21)22/h7-8H,1-6H2,(H,12,18)(H,13,17)(H,20,21,22)/t7-,8+/m1/s1. The summed E-state index contributed by atoms with van der Waals surface area (Å²) in [6.45, 7) is 0.986. The van der Waals surface area contributed by atoms with Crippen LogP contribution in [0.25, 0.3) is 0 Å². The molecular weight excluding hydrogens is 346 g/mol. The molecule has 3 saturated heterocycles. The van der Waals surface area contributed by atoms with Gasteiger partial charge in [-0.05, 0) is 19.3 Å². The largest absolute Gasteiger partial charge is 0.418 e. The Morgan fingerprint density at radius 2 is 2.08 bits per heavy atom. The van der Waals surface area contributed by atoms with Gasteiger partial charge in [-0.2, -0.15) is 13.5 Å². The van der Waals surface area contributed by atoms with Crippen LogP contribution in [0.15, 0.2) is 0 Å². The Hall–Kier alpha value is -2.12. The summed E-state index contributed by atoms with van der Waals surface area (Å²) in [5.41, 5.74) is 2.47. The van der Waals surface area contributed by atoms with Crippen molar-refractivity contribution in [2.45, 2.75) is 31.3 Å². The van der Waals surface area contributed by atoms with Crippen LogP contribution in [-0.2, 0) is 19.5 Å². The molecule has 12 nitrogen and oxygen atoms in total. The van der Waals surface area contributed by atoms with Crippen LogP contribution in [0.4, 0.5) is 9.59 Å². The number of carbonyl (C=O) groups is 3. The van der Waals surface area contributed by atoms with Gasteiger partial charge in [0.2, 0.25) is 0 Å². The SMILES string of the molecule is O=C(NN1CCCNC1=O)[C@@H]1CC[C@@H]2CN1C(=O)N2OS(=O)(=O)O. The van der Waals surface area contributed by atoms with E-state index < -0.39 is 40.5 Å². The van der Waals surface area contributed by atoms with E-state index in [9.17, 15) is 22.8 Å². The van der Waals surface area contributed by atoms with Gasteiger partial charge in [0, 0.05) is 19.6 Å². The molecule has 134 valence electrons. The van der Waals surface area contributed by atoms with E-state index in [1.165, 1.54) is 0 Å². The third-order valence-electron chi connectivity index (χ3n) is 4.13. The van der Waals surface area contributed by atoms with Gasteiger partial charge in [0.1, 0.15) is 6.04 Å². The second-order valence-corrected chi connectivity index (χ2v) is 6.73. The number of rotatable bonds is 4. The van der Waals surface area contributed by atoms with Gasteiger partial charge in [-0.25, -0.2) is 14.6 Å². The molecule has 3 aliphatic heterocycles. The van der Waals surface area contributed by atoms with Gasteiger partial charge < -0.3 is 10.2 Å². The Morgan fingerprint density at radius 3 is 2.75 bits per heavy atom. The molecule has 0 saturated carbocycles. The Balaban J connectivity index is 1.67. The first-order chi connectivity index (χ1) is 11.3. The number of piperidine rings is 1. The number of urea groups is 2. The lowest BCUT2D eigenvalue weighted by molar-refractivity contribution is -0.130.